The van der Waals surface area contributed by atoms with E-state index >= 15 is 0 Å². The lowest BCUT2D eigenvalue weighted by Gasteiger charge is -2.12. The number of nitrogens with zero attached hydrogens (tertiary/aromatic N) is 3. The summed E-state index contributed by atoms with van der Waals surface area (Å²) < 4.78 is 29.2. The van der Waals surface area contributed by atoms with Crippen molar-refractivity contribution in [2.45, 2.75) is 11.8 Å². The highest BCUT2D eigenvalue weighted by atomic mass is 32.2. The van der Waals surface area contributed by atoms with Gasteiger partial charge in [-0.2, -0.15) is 5.10 Å². The molecule has 128 valence electrons. The molecule has 0 unspecified atom stereocenters. The van der Waals surface area contributed by atoms with E-state index in [0.717, 1.165) is 0 Å². The number of carbonyl (C=O) groups excluding carboxylic acids is 1. The van der Waals surface area contributed by atoms with E-state index in [1.807, 2.05) is 0 Å². The molecule has 1 aromatic heterocycles. The van der Waals surface area contributed by atoms with Gasteiger partial charge in [-0.15, -0.1) is 0 Å². The Morgan fingerprint density at radius 3 is 2.44 bits per heavy atom. The monoisotopic (exact) mass is 357 g/mol. The average Bonchev–Trinajstić information content (AvgIpc) is 3.09. The summed E-state index contributed by atoms with van der Waals surface area (Å²) in [4.78, 5) is 15.0. The first-order valence-electron chi connectivity index (χ1n) is 7.30. The van der Waals surface area contributed by atoms with Crippen LogP contribution < -0.4 is 10.0 Å². The molecule has 0 aliphatic heterocycles. The summed E-state index contributed by atoms with van der Waals surface area (Å²) >= 11 is 0. The van der Waals surface area contributed by atoms with Crippen LogP contribution in [0.2, 0.25) is 0 Å². The molecule has 25 heavy (non-hydrogen) atoms. The first-order chi connectivity index (χ1) is 12.0. The Bertz CT molecular complexity index is 983. The maximum Gasteiger partial charge on any atom is 0.261 e. The Hall–Kier alpha value is -3.20. The van der Waals surface area contributed by atoms with Crippen LogP contribution in [0.3, 0.4) is 0 Å². The van der Waals surface area contributed by atoms with Crippen LogP contribution in [0.15, 0.2) is 66.1 Å². The molecule has 0 radical (unpaired) electrons. The number of hydrogen-bond donors (Lipinski definition) is 2. The van der Waals surface area contributed by atoms with Crippen molar-refractivity contribution >= 4 is 27.3 Å². The molecule has 0 saturated carbocycles. The van der Waals surface area contributed by atoms with Crippen LogP contribution in [0, 0.1) is 0 Å². The van der Waals surface area contributed by atoms with Gasteiger partial charge in [-0.05, 0) is 36.4 Å². The molecule has 2 aromatic carbocycles. The molecule has 8 nitrogen and oxygen atoms in total. The average molecular weight is 357 g/mol. The minimum Gasteiger partial charge on any atom is -0.326 e. The van der Waals surface area contributed by atoms with Crippen LogP contribution in [-0.4, -0.2) is 29.1 Å². The van der Waals surface area contributed by atoms with Gasteiger partial charge >= 0.3 is 0 Å². The van der Waals surface area contributed by atoms with Crippen molar-refractivity contribution in [1.82, 2.24) is 14.8 Å². The lowest BCUT2D eigenvalue weighted by Crippen LogP contribution is -2.15. The van der Waals surface area contributed by atoms with E-state index in [-0.39, 0.29) is 10.8 Å². The SMILES string of the molecule is CC(=O)Nc1ccc(S(=O)(=O)Nc2ccccc2-n2cncn2)cc1. The number of para-hydroxylation sites is 2. The molecule has 3 aromatic rings. The van der Waals surface area contributed by atoms with Gasteiger partial charge in [-0.25, -0.2) is 18.1 Å². The molecule has 1 amide bonds. The van der Waals surface area contributed by atoms with Crippen molar-refractivity contribution in [3.05, 3.63) is 61.2 Å². The topological polar surface area (TPSA) is 106 Å². The number of benzene rings is 2. The van der Waals surface area contributed by atoms with Crippen molar-refractivity contribution in [3.63, 3.8) is 0 Å². The second-order valence-electron chi connectivity index (χ2n) is 5.17. The number of aromatic nitrogens is 3. The maximum atomic E-state index is 12.6. The molecule has 0 bridgehead atoms. The van der Waals surface area contributed by atoms with Crippen molar-refractivity contribution in [2.24, 2.45) is 0 Å². The number of rotatable bonds is 5. The van der Waals surface area contributed by atoms with Crippen LogP contribution >= 0.6 is 0 Å². The fourth-order valence-corrected chi connectivity index (χ4v) is 3.29. The number of amides is 1. The smallest absolute Gasteiger partial charge is 0.261 e. The quantitative estimate of drug-likeness (QED) is 0.727. The standard InChI is InChI=1S/C16H15N5O3S/c1-12(22)19-13-6-8-14(9-7-13)25(23,24)20-15-4-2-3-5-16(15)21-11-17-10-18-21/h2-11,20H,1H3,(H,19,22). The summed E-state index contributed by atoms with van der Waals surface area (Å²) in [6.45, 7) is 1.38. The van der Waals surface area contributed by atoms with Gasteiger partial charge in [-0.1, -0.05) is 12.1 Å². The third-order valence-electron chi connectivity index (χ3n) is 3.30. The summed E-state index contributed by atoms with van der Waals surface area (Å²) in [6.07, 6.45) is 2.85. The zero-order valence-corrected chi connectivity index (χ0v) is 14.1. The summed E-state index contributed by atoms with van der Waals surface area (Å²) in [7, 11) is -3.80. The van der Waals surface area contributed by atoms with E-state index in [1.165, 1.54) is 48.5 Å². The van der Waals surface area contributed by atoms with Gasteiger partial charge in [0, 0.05) is 12.6 Å². The molecule has 0 saturated heterocycles. The van der Waals surface area contributed by atoms with Crippen molar-refractivity contribution in [1.29, 1.82) is 0 Å². The van der Waals surface area contributed by atoms with Crippen molar-refractivity contribution in [2.75, 3.05) is 10.0 Å². The molecule has 0 aliphatic rings. The Balaban J connectivity index is 1.89. The van der Waals surface area contributed by atoms with Gasteiger partial charge < -0.3 is 5.32 Å². The summed E-state index contributed by atoms with van der Waals surface area (Å²) in [5.41, 5.74) is 1.45. The number of nitrogens with one attached hydrogen (secondary N) is 2. The van der Waals surface area contributed by atoms with Crippen LogP contribution in [0.4, 0.5) is 11.4 Å². The van der Waals surface area contributed by atoms with E-state index in [0.29, 0.717) is 17.1 Å². The highest BCUT2D eigenvalue weighted by Crippen LogP contribution is 2.23. The largest absolute Gasteiger partial charge is 0.326 e. The van der Waals surface area contributed by atoms with Gasteiger partial charge in [0.05, 0.1) is 16.3 Å². The van der Waals surface area contributed by atoms with Gasteiger partial charge in [0.25, 0.3) is 10.0 Å². The number of hydrogen-bond acceptors (Lipinski definition) is 5. The highest BCUT2D eigenvalue weighted by Gasteiger charge is 2.16. The molecule has 2 N–H and O–H groups in total. The summed E-state index contributed by atoms with van der Waals surface area (Å²) in [6, 6.07) is 12.8. The van der Waals surface area contributed by atoms with Gasteiger partial charge in [0.2, 0.25) is 5.91 Å². The lowest BCUT2D eigenvalue weighted by atomic mass is 10.3. The van der Waals surface area contributed by atoms with Crippen LogP contribution in [0.5, 0.6) is 0 Å². The van der Waals surface area contributed by atoms with E-state index in [1.54, 1.807) is 24.3 Å². The Morgan fingerprint density at radius 1 is 1.08 bits per heavy atom. The van der Waals surface area contributed by atoms with Crippen LogP contribution in [-0.2, 0) is 14.8 Å². The number of sulfonamides is 1. The number of carbonyl (C=O) groups is 1. The third-order valence-corrected chi connectivity index (χ3v) is 4.68. The Labute approximate surface area is 144 Å². The molecule has 0 fully saturated rings. The van der Waals surface area contributed by atoms with E-state index < -0.39 is 10.0 Å². The molecular formula is C16H15N5O3S. The predicted molar refractivity (Wildman–Crippen MR) is 92.9 cm³/mol. The predicted octanol–water partition coefficient (Wildman–Crippen LogP) is 2.03. The molecule has 0 atom stereocenters. The first-order valence-corrected chi connectivity index (χ1v) is 8.78. The van der Waals surface area contributed by atoms with E-state index in [4.69, 9.17) is 0 Å². The second-order valence-corrected chi connectivity index (χ2v) is 6.85. The fraction of sp³-hybridized carbons (Fsp3) is 0.0625. The van der Waals surface area contributed by atoms with Gasteiger partial charge in [-0.3, -0.25) is 9.52 Å². The first kappa shape index (κ1) is 16.7. The maximum absolute atomic E-state index is 12.6. The van der Waals surface area contributed by atoms with Gasteiger partial charge in [0.15, 0.2) is 0 Å². The molecule has 9 heteroatoms. The van der Waals surface area contributed by atoms with E-state index in [9.17, 15) is 13.2 Å². The van der Waals surface area contributed by atoms with E-state index in [2.05, 4.69) is 20.1 Å². The third kappa shape index (κ3) is 3.83. The minimum atomic E-state index is -3.80. The minimum absolute atomic E-state index is 0.0787. The fourth-order valence-electron chi connectivity index (χ4n) is 2.22. The highest BCUT2D eigenvalue weighted by molar-refractivity contribution is 7.92. The number of anilines is 2. The summed E-state index contributed by atoms with van der Waals surface area (Å²) in [5.74, 6) is -0.226. The Kier molecular flexibility index (Phi) is 4.48. The zero-order valence-electron chi connectivity index (χ0n) is 13.2. The van der Waals surface area contributed by atoms with Crippen LogP contribution in [0.25, 0.3) is 5.69 Å². The second kappa shape index (κ2) is 6.73. The zero-order chi connectivity index (χ0) is 17.9. The van der Waals surface area contributed by atoms with Crippen molar-refractivity contribution < 1.29 is 13.2 Å². The molecular weight excluding hydrogens is 342 g/mol. The molecule has 0 aliphatic carbocycles. The molecule has 3 rings (SSSR count). The van der Waals surface area contributed by atoms with Crippen LogP contribution in [0.1, 0.15) is 6.92 Å². The van der Waals surface area contributed by atoms with Crippen molar-refractivity contribution in [3.8, 4) is 5.69 Å². The normalized spacial score (nSPS) is 11.1. The summed E-state index contributed by atoms with van der Waals surface area (Å²) in [5, 5.41) is 6.61. The van der Waals surface area contributed by atoms with Gasteiger partial charge in [0.1, 0.15) is 12.7 Å². The Morgan fingerprint density at radius 2 is 1.80 bits per heavy atom. The molecule has 0 spiro atoms. The molecule has 1 heterocycles. The lowest BCUT2D eigenvalue weighted by molar-refractivity contribution is -0.114.